The zero-order chi connectivity index (χ0) is 15.0. The number of nitrogens with zero attached hydrogens (tertiary/aromatic N) is 2. The van der Waals surface area contributed by atoms with E-state index in [1.807, 2.05) is 20.8 Å². The van der Waals surface area contributed by atoms with Gasteiger partial charge >= 0.3 is 0 Å². The van der Waals surface area contributed by atoms with E-state index in [0.717, 1.165) is 36.2 Å². The molecule has 0 radical (unpaired) electrons. The fraction of sp³-hybridized carbons (Fsp3) is 0.714. The van der Waals surface area contributed by atoms with Gasteiger partial charge in [-0.05, 0) is 27.7 Å². The van der Waals surface area contributed by atoms with Gasteiger partial charge in [-0.25, -0.2) is 4.98 Å². The van der Waals surface area contributed by atoms with E-state index in [0.29, 0.717) is 6.54 Å². The fourth-order valence-corrected chi connectivity index (χ4v) is 2.15. The average molecular weight is 426 g/mol. The quantitative estimate of drug-likeness (QED) is 0.400. The lowest BCUT2D eigenvalue weighted by Crippen LogP contribution is -2.40. The van der Waals surface area contributed by atoms with Gasteiger partial charge in [-0.1, -0.05) is 0 Å². The molecule has 0 aliphatic heterocycles. The maximum Gasteiger partial charge on any atom is 0.191 e. The monoisotopic (exact) mass is 426 g/mol. The summed E-state index contributed by atoms with van der Waals surface area (Å²) in [5.74, 6) is 0.824. The summed E-state index contributed by atoms with van der Waals surface area (Å²) in [6.07, 6.45) is 0.905. The normalized spacial score (nSPS) is 12.0. The maximum absolute atomic E-state index is 5.37. The van der Waals surface area contributed by atoms with Gasteiger partial charge in [0.05, 0.1) is 22.8 Å². The molecule has 0 saturated heterocycles. The first-order valence-corrected chi connectivity index (χ1v) is 7.83. The topological polar surface area (TPSA) is 58.5 Å². The minimum atomic E-state index is -0.242. The number of methoxy groups -OCH3 is 1. The average Bonchev–Trinajstić information content (AvgIpc) is 2.82. The number of hydrogen-bond acceptors (Lipinski definition) is 4. The maximum atomic E-state index is 5.37. The summed E-state index contributed by atoms with van der Waals surface area (Å²) in [6.45, 7) is 10.4. The Bertz CT molecular complexity index is 434. The molecule has 1 heterocycles. The smallest absolute Gasteiger partial charge is 0.191 e. The van der Waals surface area contributed by atoms with Gasteiger partial charge < -0.3 is 15.4 Å². The number of guanidine groups is 1. The lowest BCUT2D eigenvalue weighted by molar-refractivity contribution is 0.0310. The van der Waals surface area contributed by atoms with Crippen molar-refractivity contribution in [3.8, 4) is 0 Å². The number of thiazole rings is 1. The van der Waals surface area contributed by atoms with Crippen LogP contribution in [0.2, 0.25) is 0 Å². The molecule has 0 bridgehead atoms. The molecular formula is C14H27IN4OS. The minimum Gasteiger partial charge on any atom is -0.377 e. The largest absolute Gasteiger partial charge is 0.377 e. The van der Waals surface area contributed by atoms with Crippen LogP contribution in [0.15, 0.2) is 10.4 Å². The number of aliphatic imine (C=N–C) groups is 1. The second-order valence-corrected chi connectivity index (χ2v) is 6.26. The summed E-state index contributed by atoms with van der Waals surface area (Å²) in [4.78, 5) is 8.99. The van der Waals surface area contributed by atoms with Crippen molar-refractivity contribution in [1.29, 1.82) is 0 Å². The van der Waals surface area contributed by atoms with E-state index >= 15 is 0 Å². The van der Waals surface area contributed by atoms with Crippen LogP contribution in [0.25, 0.3) is 0 Å². The molecule has 0 saturated carbocycles. The van der Waals surface area contributed by atoms with Crippen molar-refractivity contribution in [2.45, 2.75) is 39.7 Å². The molecule has 1 aromatic rings. The van der Waals surface area contributed by atoms with E-state index in [9.17, 15) is 0 Å². The van der Waals surface area contributed by atoms with Gasteiger partial charge in [0.15, 0.2) is 5.96 Å². The van der Waals surface area contributed by atoms with Gasteiger partial charge in [-0.2, -0.15) is 0 Å². The van der Waals surface area contributed by atoms with Gasteiger partial charge in [0.25, 0.3) is 0 Å². The van der Waals surface area contributed by atoms with E-state index in [2.05, 4.69) is 32.9 Å². The van der Waals surface area contributed by atoms with Crippen LogP contribution in [-0.2, 0) is 11.2 Å². The molecule has 0 aliphatic rings. The fourth-order valence-electron chi connectivity index (χ4n) is 1.51. The molecular weight excluding hydrogens is 399 g/mol. The zero-order valence-electron chi connectivity index (χ0n) is 13.5. The van der Waals surface area contributed by atoms with Crippen LogP contribution >= 0.6 is 35.3 Å². The summed E-state index contributed by atoms with van der Waals surface area (Å²) in [7, 11) is 1.71. The van der Waals surface area contributed by atoms with Crippen molar-refractivity contribution in [3.63, 3.8) is 0 Å². The summed E-state index contributed by atoms with van der Waals surface area (Å²) < 4.78 is 5.37. The second-order valence-electron chi connectivity index (χ2n) is 5.19. The van der Waals surface area contributed by atoms with Crippen molar-refractivity contribution in [2.24, 2.45) is 4.99 Å². The molecule has 5 nitrogen and oxygen atoms in total. The Morgan fingerprint density at radius 3 is 2.67 bits per heavy atom. The number of hydrogen-bond donors (Lipinski definition) is 2. The van der Waals surface area contributed by atoms with E-state index in [-0.39, 0.29) is 29.6 Å². The zero-order valence-corrected chi connectivity index (χ0v) is 16.7. The third-order valence-electron chi connectivity index (χ3n) is 2.85. The first-order valence-electron chi connectivity index (χ1n) is 6.95. The van der Waals surface area contributed by atoms with Crippen LogP contribution < -0.4 is 10.6 Å². The summed E-state index contributed by atoms with van der Waals surface area (Å²) >= 11 is 1.69. The van der Waals surface area contributed by atoms with Crippen LogP contribution in [-0.4, -0.2) is 43.3 Å². The summed E-state index contributed by atoms with van der Waals surface area (Å²) in [5, 5.41) is 9.78. The van der Waals surface area contributed by atoms with Crippen molar-refractivity contribution < 1.29 is 4.74 Å². The Morgan fingerprint density at radius 1 is 1.43 bits per heavy atom. The Balaban J connectivity index is 0.00000400. The number of aromatic nitrogens is 1. The molecule has 0 atom stereocenters. The number of nitrogens with one attached hydrogen (secondary N) is 2. The molecule has 0 unspecified atom stereocenters. The van der Waals surface area contributed by atoms with Gasteiger partial charge in [0, 0.05) is 32.0 Å². The highest BCUT2D eigenvalue weighted by Crippen LogP contribution is 2.08. The van der Waals surface area contributed by atoms with Crippen molar-refractivity contribution >= 4 is 41.3 Å². The van der Waals surface area contributed by atoms with E-state index in [1.54, 1.807) is 18.4 Å². The molecule has 7 heteroatoms. The molecule has 21 heavy (non-hydrogen) atoms. The second kappa shape index (κ2) is 10.3. The predicted molar refractivity (Wildman–Crippen MR) is 101 cm³/mol. The molecule has 0 aromatic carbocycles. The highest BCUT2D eigenvalue weighted by atomic mass is 127. The van der Waals surface area contributed by atoms with E-state index in [4.69, 9.17) is 4.74 Å². The first-order chi connectivity index (χ1) is 9.46. The predicted octanol–water partition coefficient (Wildman–Crippen LogP) is 2.59. The molecule has 0 aliphatic carbocycles. The molecule has 1 rings (SSSR count). The Kier molecular flexibility index (Phi) is 10.1. The van der Waals surface area contributed by atoms with Crippen LogP contribution in [0.1, 0.15) is 31.5 Å². The van der Waals surface area contributed by atoms with Gasteiger partial charge in [-0.3, -0.25) is 4.99 Å². The number of aryl methyl sites for hydroxylation is 1. The van der Waals surface area contributed by atoms with E-state index in [1.165, 1.54) is 0 Å². The lowest BCUT2D eigenvalue weighted by Gasteiger charge is -2.21. The van der Waals surface area contributed by atoms with Gasteiger partial charge in [0.2, 0.25) is 0 Å². The van der Waals surface area contributed by atoms with Crippen LogP contribution in [0.3, 0.4) is 0 Å². The number of rotatable bonds is 7. The van der Waals surface area contributed by atoms with Gasteiger partial charge in [0.1, 0.15) is 0 Å². The molecule has 1 aromatic heterocycles. The first kappa shape index (κ1) is 20.6. The standard InChI is InChI=1S/C14H26N4OS.HI/c1-6-15-13(17-10-14(3,4)19-5)16-8-7-12-9-20-11(2)18-12;/h9H,6-8,10H2,1-5H3,(H2,15,16,17);1H. The summed E-state index contributed by atoms with van der Waals surface area (Å²) in [6, 6.07) is 0. The highest BCUT2D eigenvalue weighted by Gasteiger charge is 2.15. The van der Waals surface area contributed by atoms with Crippen molar-refractivity contribution in [3.05, 3.63) is 16.1 Å². The third-order valence-corrected chi connectivity index (χ3v) is 3.68. The number of halogens is 1. The molecule has 0 amide bonds. The molecule has 2 N–H and O–H groups in total. The Hall–Kier alpha value is -0.410. The lowest BCUT2D eigenvalue weighted by atomic mass is 10.1. The molecule has 122 valence electrons. The Morgan fingerprint density at radius 2 is 2.14 bits per heavy atom. The van der Waals surface area contributed by atoms with E-state index < -0.39 is 0 Å². The van der Waals surface area contributed by atoms with Crippen LogP contribution in [0, 0.1) is 6.92 Å². The third kappa shape index (κ3) is 8.57. The van der Waals surface area contributed by atoms with Gasteiger partial charge in [-0.15, -0.1) is 35.3 Å². The minimum absolute atomic E-state index is 0. The van der Waals surface area contributed by atoms with Crippen LogP contribution in [0.5, 0.6) is 0 Å². The highest BCUT2D eigenvalue weighted by molar-refractivity contribution is 14.0. The van der Waals surface area contributed by atoms with Crippen molar-refractivity contribution in [1.82, 2.24) is 15.6 Å². The Labute approximate surface area is 149 Å². The SMILES string of the molecule is CCNC(=NCC(C)(C)OC)NCCc1csc(C)n1.I. The molecule has 0 spiro atoms. The summed E-state index contributed by atoms with van der Waals surface area (Å²) in [5.41, 5.74) is 0.891. The molecule has 0 fully saturated rings. The van der Waals surface area contributed by atoms with Crippen LogP contribution in [0.4, 0.5) is 0 Å². The van der Waals surface area contributed by atoms with Crippen molar-refractivity contribution in [2.75, 3.05) is 26.7 Å². The number of ether oxygens (including phenoxy) is 1.